The summed E-state index contributed by atoms with van der Waals surface area (Å²) in [6.07, 6.45) is 4.53. The van der Waals surface area contributed by atoms with Crippen LogP contribution in [0.5, 0.6) is 5.75 Å². The maximum absolute atomic E-state index is 12.8. The monoisotopic (exact) mass is 337 g/mol. The van der Waals surface area contributed by atoms with E-state index in [2.05, 4.69) is 9.55 Å². The summed E-state index contributed by atoms with van der Waals surface area (Å²) >= 11 is 0. The molecule has 128 valence electrons. The Bertz CT molecular complexity index is 897. The molecule has 1 aliphatic heterocycles. The molecule has 0 aliphatic carbocycles. The van der Waals surface area contributed by atoms with Gasteiger partial charge in [0, 0.05) is 24.8 Å². The lowest BCUT2D eigenvalue weighted by Gasteiger charge is -2.18. The first-order valence-corrected chi connectivity index (χ1v) is 8.27. The molecular weight excluding hydrogens is 318 g/mol. The number of ether oxygens (including phenoxy) is 1. The number of nitrogens with zero attached hydrogens (tertiary/aromatic N) is 3. The van der Waals surface area contributed by atoms with Gasteiger partial charge in [-0.15, -0.1) is 0 Å². The van der Waals surface area contributed by atoms with Gasteiger partial charge in [-0.05, 0) is 30.7 Å². The highest BCUT2D eigenvalue weighted by Gasteiger charge is 2.23. The van der Waals surface area contributed by atoms with E-state index in [1.165, 1.54) is 0 Å². The number of benzene rings is 1. The molecular formula is C19H19N3O3. The van der Waals surface area contributed by atoms with Gasteiger partial charge in [0.2, 0.25) is 0 Å². The number of furan rings is 1. The number of aryl methyl sites for hydroxylation is 1. The number of aromatic nitrogens is 2. The predicted octanol–water partition coefficient (Wildman–Crippen LogP) is 3.20. The van der Waals surface area contributed by atoms with Crippen LogP contribution in [0.3, 0.4) is 0 Å². The van der Waals surface area contributed by atoms with E-state index >= 15 is 0 Å². The van der Waals surface area contributed by atoms with Crippen molar-refractivity contribution >= 4 is 5.91 Å². The number of imidazole rings is 1. The number of hydrogen-bond acceptors (Lipinski definition) is 4. The van der Waals surface area contributed by atoms with Gasteiger partial charge in [0.15, 0.2) is 5.76 Å². The van der Waals surface area contributed by atoms with Crippen LogP contribution in [0.4, 0.5) is 0 Å². The Morgan fingerprint density at radius 1 is 1.24 bits per heavy atom. The Balaban J connectivity index is 1.56. The van der Waals surface area contributed by atoms with Crippen LogP contribution in [0.25, 0.3) is 11.3 Å². The molecule has 1 amide bonds. The third-order valence-electron chi connectivity index (χ3n) is 4.44. The summed E-state index contributed by atoms with van der Waals surface area (Å²) in [5, 5.41) is 0. The molecule has 4 rings (SSSR count). The molecule has 1 aromatic carbocycles. The summed E-state index contributed by atoms with van der Waals surface area (Å²) in [5.41, 5.74) is 1.93. The Labute approximate surface area is 145 Å². The van der Waals surface area contributed by atoms with Crippen LogP contribution in [-0.4, -0.2) is 34.0 Å². The Hall–Kier alpha value is -3.02. The van der Waals surface area contributed by atoms with Crippen molar-refractivity contribution in [2.45, 2.75) is 19.5 Å². The Morgan fingerprint density at radius 2 is 2.16 bits per heavy atom. The molecule has 2 aromatic heterocycles. The second-order valence-corrected chi connectivity index (χ2v) is 6.05. The summed E-state index contributed by atoms with van der Waals surface area (Å²) in [6, 6.07) is 11.1. The summed E-state index contributed by atoms with van der Waals surface area (Å²) < 4.78 is 13.2. The molecule has 0 N–H and O–H groups in total. The quantitative estimate of drug-likeness (QED) is 0.736. The van der Waals surface area contributed by atoms with Gasteiger partial charge < -0.3 is 18.6 Å². The van der Waals surface area contributed by atoms with Crippen molar-refractivity contribution in [2.75, 3.05) is 13.7 Å². The van der Waals surface area contributed by atoms with Crippen LogP contribution in [0.1, 0.15) is 22.7 Å². The van der Waals surface area contributed by atoms with Crippen molar-refractivity contribution in [3.05, 3.63) is 60.4 Å². The average molecular weight is 337 g/mol. The van der Waals surface area contributed by atoms with Gasteiger partial charge in [0.25, 0.3) is 5.91 Å². The minimum atomic E-state index is -0.0937. The smallest absolute Gasteiger partial charge is 0.289 e. The highest BCUT2D eigenvalue weighted by molar-refractivity contribution is 5.92. The molecule has 3 aromatic rings. The van der Waals surface area contributed by atoms with Crippen molar-refractivity contribution in [3.8, 4) is 17.1 Å². The van der Waals surface area contributed by atoms with Crippen LogP contribution >= 0.6 is 0 Å². The number of methoxy groups -OCH3 is 1. The van der Waals surface area contributed by atoms with Crippen LogP contribution in [0, 0.1) is 0 Å². The van der Waals surface area contributed by atoms with E-state index < -0.39 is 0 Å². The van der Waals surface area contributed by atoms with Crippen LogP contribution in [0.15, 0.2) is 53.3 Å². The van der Waals surface area contributed by atoms with Crippen LogP contribution < -0.4 is 4.74 Å². The van der Waals surface area contributed by atoms with E-state index in [-0.39, 0.29) is 5.91 Å². The number of rotatable bonds is 3. The third kappa shape index (κ3) is 3.03. The predicted molar refractivity (Wildman–Crippen MR) is 92.3 cm³/mol. The van der Waals surface area contributed by atoms with Crippen molar-refractivity contribution in [1.29, 1.82) is 0 Å². The zero-order chi connectivity index (χ0) is 17.2. The van der Waals surface area contributed by atoms with Gasteiger partial charge >= 0.3 is 0 Å². The van der Waals surface area contributed by atoms with Crippen molar-refractivity contribution in [3.63, 3.8) is 0 Å². The van der Waals surface area contributed by atoms with Crippen molar-refractivity contribution in [1.82, 2.24) is 14.5 Å². The van der Waals surface area contributed by atoms with E-state index in [0.717, 1.165) is 30.0 Å². The first-order chi connectivity index (χ1) is 12.2. The first-order valence-electron chi connectivity index (χ1n) is 8.27. The maximum Gasteiger partial charge on any atom is 0.289 e. The average Bonchev–Trinajstić information content (AvgIpc) is 3.26. The number of fused-ring (bicyclic) bond motifs is 1. The molecule has 6 heteroatoms. The van der Waals surface area contributed by atoms with Crippen LogP contribution in [-0.2, 0) is 13.1 Å². The largest absolute Gasteiger partial charge is 0.497 e. The summed E-state index contributed by atoms with van der Waals surface area (Å²) in [5.74, 6) is 1.67. The van der Waals surface area contributed by atoms with E-state index in [4.69, 9.17) is 9.15 Å². The summed E-state index contributed by atoms with van der Waals surface area (Å²) in [6.45, 7) is 2.13. The number of carbonyl (C=O) groups excluding carboxylic acids is 1. The van der Waals surface area contributed by atoms with Gasteiger partial charge in [-0.25, -0.2) is 4.98 Å². The Morgan fingerprint density at radius 3 is 3.04 bits per heavy atom. The minimum Gasteiger partial charge on any atom is -0.497 e. The molecule has 0 spiro atoms. The molecule has 1 aliphatic rings. The van der Waals surface area contributed by atoms with Crippen molar-refractivity contribution in [2.24, 2.45) is 0 Å². The third-order valence-corrected chi connectivity index (χ3v) is 4.44. The van der Waals surface area contributed by atoms with E-state index in [1.807, 2.05) is 47.8 Å². The molecule has 0 saturated heterocycles. The second-order valence-electron chi connectivity index (χ2n) is 6.05. The van der Waals surface area contributed by atoms with Gasteiger partial charge in [-0.2, -0.15) is 0 Å². The van der Waals surface area contributed by atoms with Gasteiger partial charge in [0.1, 0.15) is 11.5 Å². The summed E-state index contributed by atoms with van der Waals surface area (Å²) in [4.78, 5) is 18.8. The highest BCUT2D eigenvalue weighted by Crippen LogP contribution is 2.26. The standard InChI is InChI=1S/C19H19N3O3/c1-24-16-5-2-4-14(10-16)17-6-7-18(25-17)19(23)21-8-3-9-22-13-20-11-15(22)12-21/h2,4-7,10-11,13H,3,8-9,12H2,1H3. The SMILES string of the molecule is COc1cccc(-c2ccc(C(=O)N3CCCn4cncc4C3)o2)c1. The molecule has 0 unspecified atom stereocenters. The second kappa shape index (κ2) is 6.47. The van der Waals surface area contributed by atoms with Gasteiger partial charge in [0.05, 0.1) is 25.7 Å². The first kappa shape index (κ1) is 15.5. The zero-order valence-corrected chi connectivity index (χ0v) is 14.0. The molecule has 0 saturated carbocycles. The Kier molecular flexibility index (Phi) is 4.01. The van der Waals surface area contributed by atoms with Gasteiger partial charge in [-0.3, -0.25) is 4.79 Å². The highest BCUT2D eigenvalue weighted by atomic mass is 16.5. The minimum absolute atomic E-state index is 0.0937. The fraction of sp³-hybridized carbons (Fsp3) is 0.263. The topological polar surface area (TPSA) is 60.5 Å². The van der Waals surface area contributed by atoms with Crippen molar-refractivity contribution < 1.29 is 13.9 Å². The van der Waals surface area contributed by atoms with Gasteiger partial charge in [-0.1, -0.05) is 12.1 Å². The lowest BCUT2D eigenvalue weighted by Crippen LogP contribution is -2.30. The van der Waals surface area contributed by atoms with E-state index in [1.54, 1.807) is 13.2 Å². The van der Waals surface area contributed by atoms with Crippen LogP contribution in [0.2, 0.25) is 0 Å². The lowest BCUT2D eigenvalue weighted by atomic mass is 10.2. The van der Waals surface area contributed by atoms with E-state index in [9.17, 15) is 4.79 Å². The zero-order valence-electron chi connectivity index (χ0n) is 14.0. The molecule has 0 fully saturated rings. The molecule has 6 nitrogen and oxygen atoms in total. The molecule has 0 atom stereocenters. The molecule has 3 heterocycles. The number of amides is 1. The normalized spacial score (nSPS) is 14.0. The fourth-order valence-electron chi connectivity index (χ4n) is 3.10. The lowest BCUT2D eigenvalue weighted by molar-refractivity contribution is 0.0714. The van der Waals surface area contributed by atoms with E-state index in [0.29, 0.717) is 24.6 Å². The fourth-order valence-corrected chi connectivity index (χ4v) is 3.10. The summed E-state index contributed by atoms with van der Waals surface area (Å²) in [7, 11) is 1.63. The maximum atomic E-state index is 12.8. The number of hydrogen-bond donors (Lipinski definition) is 0. The molecule has 0 bridgehead atoms. The molecule has 25 heavy (non-hydrogen) atoms. The number of carbonyl (C=O) groups is 1. The molecule has 0 radical (unpaired) electrons.